The SMILES string of the molecule is O=C(NCc1ccc(F)cc1)C1CC2(CO1)CN(Cc1ncc(C(F)(F)F)[nH]1)CCO2. The van der Waals surface area contributed by atoms with Crippen LogP contribution in [0.25, 0.3) is 0 Å². The molecule has 2 aromatic rings. The van der Waals surface area contributed by atoms with E-state index < -0.39 is 23.6 Å². The Morgan fingerprint density at radius 2 is 2.10 bits per heavy atom. The van der Waals surface area contributed by atoms with Gasteiger partial charge in [-0.3, -0.25) is 9.69 Å². The number of carbonyl (C=O) groups is 1. The molecule has 31 heavy (non-hydrogen) atoms. The van der Waals surface area contributed by atoms with Crippen molar-refractivity contribution in [3.63, 3.8) is 0 Å². The lowest BCUT2D eigenvalue weighted by Gasteiger charge is -2.39. The highest BCUT2D eigenvalue weighted by Crippen LogP contribution is 2.32. The van der Waals surface area contributed by atoms with Gasteiger partial charge in [0, 0.05) is 26.1 Å². The molecule has 0 saturated carbocycles. The Hall–Kier alpha value is -2.50. The predicted molar refractivity (Wildman–Crippen MR) is 100 cm³/mol. The number of hydrogen-bond acceptors (Lipinski definition) is 5. The van der Waals surface area contributed by atoms with Crippen molar-refractivity contribution in [2.45, 2.75) is 37.4 Å². The normalized spacial score (nSPS) is 24.6. The van der Waals surface area contributed by atoms with Gasteiger partial charge in [0.15, 0.2) is 0 Å². The van der Waals surface area contributed by atoms with E-state index in [0.717, 1.165) is 11.8 Å². The molecule has 2 N–H and O–H groups in total. The first-order chi connectivity index (χ1) is 14.7. The van der Waals surface area contributed by atoms with Gasteiger partial charge >= 0.3 is 6.18 Å². The van der Waals surface area contributed by atoms with Gasteiger partial charge < -0.3 is 19.8 Å². The summed E-state index contributed by atoms with van der Waals surface area (Å²) in [5.74, 6) is -0.418. The van der Waals surface area contributed by atoms with Gasteiger partial charge in [0.25, 0.3) is 0 Å². The zero-order chi connectivity index (χ0) is 22.1. The number of benzene rings is 1. The first-order valence-electron chi connectivity index (χ1n) is 9.84. The topological polar surface area (TPSA) is 79.5 Å². The Morgan fingerprint density at radius 1 is 1.32 bits per heavy atom. The number of rotatable bonds is 5. The summed E-state index contributed by atoms with van der Waals surface area (Å²) in [7, 11) is 0. The average molecular weight is 442 g/mol. The maximum atomic E-state index is 13.0. The van der Waals surface area contributed by atoms with Gasteiger partial charge in [0.1, 0.15) is 29.0 Å². The fourth-order valence-corrected chi connectivity index (χ4v) is 3.85. The third-order valence-electron chi connectivity index (χ3n) is 5.41. The second-order valence-corrected chi connectivity index (χ2v) is 7.83. The van der Waals surface area contributed by atoms with Crippen molar-refractivity contribution in [3.05, 3.63) is 53.4 Å². The van der Waals surface area contributed by atoms with E-state index in [1.54, 1.807) is 12.1 Å². The standard InChI is InChI=1S/C20H22F4N4O3/c21-14-3-1-13(2-4-14)8-26-18(29)15-7-19(12-30-15)11-28(5-6-31-19)10-17-25-9-16(27-17)20(22,23)24/h1-4,9,15H,5-8,10-12H2,(H,25,27)(H,26,29). The van der Waals surface area contributed by atoms with Crippen LogP contribution < -0.4 is 5.32 Å². The Morgan fingerprint density at radius 3 is 2.81 bits per heavy atom. The fraction of sp³-hybridized carbons (Fsp3) is 0.500. The quantitative estimate of drug-likeness (QED) is 0.695. The molecule has 0 radical (unpaired) electrons. The molecular formula is C20H22F4N4O3. The maximum Gasteiger partial charge on any atom is 0.432 e. The lowest BCUT2D eigenvalue weighted by Crippen LogP contribution is -2.52. The summed E-state index contributed by atoms with van der Waals surface area (Å²) in [4.78, 5) is 20.5. The van der Waals surface area contributed by atoms with Crippen molar-refractivity contribution in [1.29, 1.82) is 0 Å². The highest BCUT2D eigenvalue weighted by Gasteiger charge is 2.47. The molecule has 168 valence electrons. The third kappa shape index (κ3) is 5.23. The molecule has 1 aromatic carbocycles. The van der Waals surface area contributed by atoms with Crippen LogP contribution in [0, 0.1) is 5.82 Å². The number of nitrogens with one attached hydrogen (secondary N) is 2. The lowest BCUT2D eigenvalue weighted by molar-refractivity contribution is -0.141. The summed E-state index contributed by atoms with van der Waals surface area (Å²) in [5.41, 5.74) is -0.818. The highest BCUT2D eigenvalue weighted by atomic mass is 19.4. The van der Waals surface area contributed by atoms with Crippen LogP contribution in [0.3, 0.4) is 0 Å². The van der Waals surface area contributed by atoms with Gasteiger partial charge in [-0.25, -0.2) is 9.37 Å². The van der Waals surface area contributed by atoms with E-state index in [0.29, 0.717) is 26.1 Å². The van der Waals surface area contributed by atoms with Crippen molar-refractivity contribution in [2.75, 3.05) is 26.3 Å². The molecule has 2 atom stereocenters. The molecule has 2 saturated heterocycles. The van der Waals surface area contributed by atoms with E-state index in [2.05, 4.69) is 15.3 Å². The molecule has 2 aliphatic rings. The number of nitrogens with zero attached hydrogens (tertiary/aromatic N) is 2. The van der Waals surface area contributed by atoms with Crippen LogP contribution >= 0.6 is 0 Å². The number of halogens is 4. The van der Waals surface area contributed by atoms with E-state index in [1.165, 1.54) is 12.1 Å². The van der Waals surface area contributed by atoms with Gasteiger partial charge in [-0.2, -0.15) is 13.2 Å². The Kier molecular flexibility index (Phi) is 6.00. The average Bonchev–Trinajstić information content (AvgIpc) is 3.35. The molecule has 2 unspecified atom stereocenters. The summed E-state index contributed by atoms with van der Waals surface area (Å²) >= 11 is 0. The predicted octanol–water partition coefficient (Wildman–Crippen LogP) is 2.24. The molecule has 0 bridgehead atoms. The molecule has 1 aromatic heterocycles. The number of morpholine rings is 1. The number of imidazole rings is 1. The van der Waals surface area contributed by atoms with Crippen molar-refractivity contribution >= 4 is 5.91 Å². The summed E-state index contributed by atoms with van der Waals surface area (Å²) in [6.45, 7) is 1.99. The summed E-state index contributed by atoms with van der Waals surface area (Å²) in [6, 6.07) is 5.83. The van der Waals surface area contributed by atoms with Gasteiger partial charge in [0.2, 0.25) is 5.91 Å². The van der Waals surface area contributed by atoms with Crippen molar-refractivity contribution < 1.29 is 31.8 Å². The van der Waals surface area contributed by atoms with Crippen LogP contribution in [0.2, 0.25) is 0 Å². The molecule has 2 fully saturated rings. The minimum absolute atomic E-state index is 0.211. The molecule has 11 heteroatoms. The molecule has 1 amide bonds. The van der Waals surface area contributed by atoms with Gasteiger partial charge in [0.05, 0.1) is 26.0 Å². The second-order valence-electron chi connectivity index (χ2n) is 7.83. The number of aromatic amines is 1. The minimum atomic E-state index is -4.47. The molecule has 7 nitrogen and oxygen atoms in total. The van der Waals surface area contributed by atoms with Gasteiger partial charge in [-0.1, -0.05) is 12.1 Å². The first-order valence-corrected chi connectivity index (χ1v) is 9.84. The van der Waals surface area contributed by atoms with Crippen molar-refractivity contribution in [3.8, 4) is 0 Å². The largest absolute Gasteiger partial charge is 0.432 e. The Bertz CT molecular complexity index is 918. The van der Waals surface area contributed by atoms with E-state index in [9.17, 15) is 22.4 Å². The van der Waals surface area contributed by atoms with Crippen LogP contribution in [0.5, 0.6) is 0 Å². The molecule has 2 aliphatic heterocycles. The monoisotopic (exact) mass is 442 g/mol. The minimum Gasteiger partial charge on any atom is -0.370 e. The second kappa shape index (κ2) is 8.56. The van der Waals surface area contributed by atoms with Crippen LogP contribution in [0.1, 0.15) is 23.5 Å². The van der Waals surface area contributed by atoms with Crippen molar-refractivity contribution in [1.82, 2.24) is 20.2 Å². The summed E-state index contributed by atoms with van der Waals surface area (Å²) in [6.07, 6.45) is -4.04. The number of hydrogen-bond donors (Lipinski definition) is 2. The summed E-state index contributed by atoms with van der Waals surface area (Å²) in [5, 5.41) is 2.77. The molecule has 4 rings (SSSR count). The maximum absolute atomic E-state index is 13.0. The van der Waals surface area contributed by atoms with E-state index >= 15 is 0 Å². The Labute approximate surface area is 175 Å². The summed E-state index contributed by atoms with van der Waals surface area (Å²) < 4.78 is 62.8. The van der Waals surface area contributed by atoms with Crippen LogP contribution in [0.15, 0.2) is 30.5 Å². The van der Waals surface area contributed by atoms with Crippen LogP contribution in [0.4, 0.5) is 17.6 Å². The molecule has 1 spiro atoms. The first kappa shape index (κ1) is 21.7. The molecule has 0 aliphatic carbocycles. The number of alkyl halides is 3. The third-order valence-corrected chi connectivity index (χ3v) is 5.41. The Balaban J connectivity index is 1.31. The van der Waals surface area contributed by atoms with E-state index in [4.69, 9.17) is 9.47 Å². The van der Waals surface area contributed by atoms with Crippen LogP contribution in [-0.4, -0.2) is 58.8 Å². The van der Waals surface area contributed by atoms with Crippen molar-refractivity contribution in [2.24, 2.45) is 0 Å². The zero-order valence-corrected chi connectivity index (χ0v) is 16.5. The number of ether oxygens (including phenoxy) is 2. The fourth-order valence-electron chi connectivity index (χ4n) is 3.85. The van der Waals surface area contributed by atoms with E-state index in [1.807, 2.05) is 4.90 Å². The van der Waals surface area contributed by atoms with Gasteiger partial charge in [-0.05, 0) is 17.7 Å². The number of H-pyrrole nitrogens is 1. The smallest absolute Gasteiger partial charge is 0.370 e. The lowest BCUT2D eigenvalue weighted by atomic mass is 9.97. The highest BCUT2D eigenvalue weighted by molar-refractivity contribution is 5.81. The zero-order valence-electron chi connectivity index (χ0n) is 16.5. The van der Waals surface area contributed by atoms with E-state index in [-0.39, 0.29) is 37.2 Å². The number of aromatic nitrogens is 2. The number of amides is 1. The number of carbonyl (C=O) groups excluding carboxylic acids is 1. The molecular weight excluding hydrogens is 420 g/mol. The molecule has 3 heterocycles. The van der Waals surface area contributed by atoms with Gasteiger partial charge in [-0.15, -0.1) is 0 Å². The van der Waals surface area contributed by atoms with Crippen LogP contribution in [-0.2, 0) is 33.5 Å².